The first kappa shape index (κ1) is 17.7. The van der Waals surface area contributed by atoms with E-state index in [2.05, 4.69) is 20.3 Å². The van der Waals surface area contributed by atoms with E-state index < -0.39 is 11.7 Å². The lowest BCUT2D eigenvalue weighted by molar-refractivity contribution is -0.137. The van der Waals surface area contributed by atoms with E-state index in [-0.39, 0.29) is 22.9 Å². The van der Waals surface area contributed by atoms with Crippen LogP contribution in [0.2, 0.25) is 0 Å². The van der Waals surface area contributed by atoms with Gasteiger partial charge < -0.3 is 16.0 Å². The molecule has 0 saturated carbocycles. The van der Waals surface area contributed by atoms with Crippen LogP contribution >= 0.6 is 0 Å². The number of benzene rings is 1. The van der Waals surface area contributed by atoms with Crippen molar-refractivity contribution in [2.45, 2.75) is 6.18 Å². The van der Waals surface area contributed by atoms with Crippen LogP contribution in [0.15, 0.2) is 30.3 Å². The Morgan fingerprint density at radius 1 is 1.04 bits per heavy atom. The topological polar surface area (TPSA) is 80.0 Å². The molecule has 1 aromatic carbocycles. The largest absolute Gasteiger partial charge is 0.417 e. The van der Waals surface area contributed by atoms with Crippen LogP contribution in [0.4, 0.5) is 30.6 Å². The molecule has 26 heavy (non-hydrogen) atoms. The molecule has 0 amide bonds. The number of rotatable bonds is 3. The number of nitrogens with one attached hydrogen (secondary N) is 1. The first-order chi connectivity index (χ1) is 12.2. The Kier molecular flexibility index (Phi) is 4.31. The second-order valence-corrected chi connectivity index (χ2v) is 5.84. The zero-order valence-electron chi connectivity index (χ0n) is 14.4. The number of halogens is 3. The van der Waals surface area contributed by atoms with Crippen molar-refractivity contribution in [3.63, 3.8) is 0 Å². The third-order valence-corrected chi connectivity index (χ3v) is 3.90. The molecule has 3 rings (SSSR count). The summed E-state index contributed by atoms with van der Waals surface area (Å²) in [6.45, 7) is 0. The summed E-state index contributed by atoms with van der Waals surface area (Å²) < 4.78 is 40.7. The summed E-state index contributed by atoms with van der Waals surface area (Å²) >= 11 is 0. The maximum Gasteiger partial charge on any atom is 0.417 e. The van der Waals surface area contributed by atoms with Gasteiger partial charge >= 0.3 is 6.18 Å². The van der Waals surface area contributed by atoms with Gasteiger partial charge in [-0.2, -0.15) is 23.1 Å². The van der Waals surface area contributed by atoms with Crippen molar-refractivity contribution in [1.29, 1.82) is 0 Å². The summed E-state index contributed by atoms with van der Waals surface area (Å²) in [5, 5.41) is 3.45. The van der Waals surface area contributed by atoms with E-state index in [0.717, 1.165) is 6.07 Å². The van der Waals surface area contributed by atoms with Crippen LogP contribution in [-0.2, 0) is 6.18 Å². The lowest BCUT2D eigenvalue weighted by atomic mass is 10.00. The molecular weight excluding hydrogens is 345 g/mol. The molecule has 3 N–H and O–H groups in total. The Hall–Kier alpha value is -3.10. The minimum absolute atomic E-state index is 0.00455. The molecule has 0 unspecified atom stereocenters. The van der Waals surface area contributed by atoms with Crippen molar-refractivity contribution in [3.05, 3.63) is 35.9 Å². The Morgan fingerprint density at radius 2 is 1.77 bits per heavy atom. The molecule has 136 valence electrons. The van der Waals surface area contributed by atoms with E-state index in [1.54, 1.807) is 38.2 Å². The zero-order valence-corrected chi connectivity index (χ0v) is 14.4. The standard InChI is InChI=1S/C17H17F3N6/c1-22-14-9-7-8-11(23-15(9)25-16(21)24-14)13-10(17(18,19)20)5-4-6-12(13)26(2)3/h4-8H,1-3H3,(H3,21,22,23,24,25). The van der Waals surface area contributed by atoms with Crippen molar-refractivity contribution in [2.75, 3.05) is 37.1 Å². The first-order valence-corrected chi connectivity index (χ1v) is 7.72. The maximum absolute atomic E-state index is 13.6. The third-order valence-electron chi connectivity index (χ3n) is 3.90. The molecule has 0 bridgehead atoms. The molecular formula is C17H17F3N6. The highest BCUT2D eigenvalue weighted by Crippen LogP contribution is 2.41. The molecule has 9 heteroatoms. The van der Waals surface area contributed by atoms with Crippen LogP contribution < -0.4 is 16.0 Å². The van der Waals surface area contributed by atoms with Crippen molar-refractivity contribution in [2.24, 2.45) is 0 Å². The Morgan fingerprint density at radius 3 is 2.38 bits per heavy atom. The fourth-order valence-corrected chi connectivity index (χ4v) is 2.77. The van der Waals surface area contributed by atoms with E-state index in [9.17, 15) is 13.2 Å². The second-order valence-electron chi connectivity index (χ2n) is 5.84. The van der Waals surface area contributed by atoms with E-state index in [4.69, 9.17) is 5.73 Å². The Labute approximate surface area is 147 Å². The number of hydrogen-bond donors (Lipinski definition) is 2. The van der Waals surface area contributed by atoms with Crippen LogP contribution in [0.25, 0.3) is 22.3 Å². The fourth-order valence-electron chi connectivity index (χ4n) is 2.77. The lowest BCUT2D eigenvalue weighted by Gasteiger charge is -2.21. The third kappa shape index (κ3) is 3.07. The normalized spacial score (nSPS) is 11.6. The van der Waals surface area contributed by atoms with Gasteiger partial charge in [-0.1, -0.05) is 6.07 Å². The molecule has 6 nitrogen and oxygen atoms in total. The molecule has 0 saturated heterocycles. The number of nitrogens with zero attached hydrogens (tertiary/aromatic N) is 4. The molecule has 0 aliphatic carbocycles. The average Bonchev–Trinajstić information content (AvgIpc) is 2.58. The van der Waals surface area contributed by atoms with Crippen LogP contribution in [0, 0.1) is 0 Å². The predicted molar refractivity (Wildman–Crippen MR) is 96.1 cm³/mol. The number of nitrogens with two attached hydrogens (primary N) is 1. The smallest absolute Gasteiger partial charge is 0.377 e. The van der Waals surface area contributed by atoms with Gasteiger partial charge in [-0.3, -0.25) is 0 Å². The van der Waals surface area contributed by atoms with Gasteiger partial charge in [0.1, 0.15) is 5.82 Å². The molecule has 0 aliphatic rings. The van der Waals surface area contributed by atoms with Gasteiger partial charge in [-0.15, -0.1) is 0 Å². The molecule has 3 aromatic rings. The molecule has 0 spiro atoms. The van der Waals surface area contributed by atoms with E-state index in [0.29, 0.717) is 16.9 Å². The molecule has 2 aromatic heterocycles. The highest BCUT2D eigenvalue weighted by molar-refractivity contribution is 5.90. The highest BCUT2D eigenvalue weighted by Gasteiger charge is 2.35. The second kappa shape index (κ2) is 6.32. The number of alkyl halides is 3. The van der Waals surface area contributed by atoms with Crippen molar-refractivity contribution in [1.82, 2.24) is 15.0 Å². The van der Waals surface area contributed by atoms with Gasteiger partial charge in [0.2, 0.25) is 5.95 Å². The van der Waals surface area contributed by atoms with Gasteiger partial charge in [0.25, 0.3) is 0 Å². The molecule has 0 radical (unpaired) electrons. The summed E-state index contributed by atoms with van der Waals surface area (Å²) in [6, 6.07) is 7.20. The van der Waals surface area contributed by atoms with Gasteiger partial charge in [-0.25, -0.2) is 4.98 Å². The first-order valence-electron chi connectivity index (χ1n) is 7.72. The number of hydrogen-bond acceptors (Lipinski definition) is 6. The van der Waals surface area contributed by atoms with Gasteiger partial charge in [0.05, 0.1) is 16.6 Å². The molecule has 0 atom stereocenters. The number of fused-ring (bicyclic) bond motifs is 1. The molecule has 2 heterocycles. The predicted octanol–water partition coefficient (Wildman–Crippen LogP) is 3.40. The van der Waals surface area contributed by atoms with Gasteiger partial charge in [0, 0.05) is 32.4 Å². The Balaban J connectivity index is 2.33. The number of anilines is 3. The van der Waals surface area contributed by atoms with Crippen molar-refractivity contribution >= 4 is 28.5 Å². The van der Waals surface area contributed by atoms with Crippen LogP contribution in [-0.4, -0.2) is 36.1 Å². The summed E-state index contributed by atoms with van der Waals surface area (Å²) in [5.74, 6) is 0.451. The Bertz CT molecular complexity index is 969. The van der Waals surface area contributed by atoms with E-state index in [1.807, 2.05) is 0 Å². The maximum atomic E-state index is 13.6. The van der Waals surface area contributed by atoms with Gasteiger partial charge in [-0.05, 0) is 24.3 Å². The monoisotopic (exact) mass is 362 g/mol. The summed E-state index contributed by atoms with van der Waals surface area (Å²) in [5.41, 5.74) is 5.70. The molecule has 0 aliphatic heterocycles. The summed E-state index contributed by atoms with van der Waals surface area (Å²) in [6.07, 6.45) is -4.52. The quantitative estimate of drug-likeness (QED) is 0.743. The lowest BCUT2D eigenvalue weighted by Crippen LogP contribution is -2.15. The van der Waals surface area contributed by atoms with Crippen molar-refractivity contribution < 1.29 is 13.2 Å². The number of aromatic nitrogens is 3. The number of pyridine rings is 1. The van der Waals surface area contributed by atoms with E-state index in [1.165, 1.54) is 12.1 Å². The summed E-state index contributed by atoms with van der Waals surface area (Å²) in [4.78, 5) is 14.1. The molecule has 0 fully saturated rings. The minimum Gasteiger partial charge on any atom is -0.377 e. The van der Waals surface area contributed by atoms with Crippen LogP contribution in [0.1, 0.15) is 5.56 Å². The highest BCUT2D eigenvalue weighted by atomic mass is 19.4. The fraction of sp³-hybridized carbons (Fsp3) is 0.235. The average molecular weight is 362 g/mol. The number of nitrogen functional groups attached to an aromatic ring is 1. The van der Waals surface area contributed by atoms with E-state index >= 15 is 0 Å². The van der Waals surface area contributed by atoms with Crippen LogP contribution in [0.3, 0.4) is 0 Å². The minimum atomic E-state index is -4.52. The zero-order chi connectivity index (χ0) is 19.1. The SMILES string of the molecule is CNc1nc(N)nc2nc(-c3c(N(C)C)cccc3C(F)(F)F)ccc12. The summed E-state index contributed by atoms with van der Waals surface area (Å²) in [7, 11) is 5.02. The van der Waals surface area contributed by atoms with Crippen molar-refractivity contribution in [3.8, 4) is 11.3 Å². The van der Waals surface area contributed by atoms with Gasteiger partial charge in [0.15, 0.2) is 5.65 Å². The van der Waals surface area contributed by atoms with Crippen LogP contribution in [0.5, 0.6) is 0 Å².